The maximum absolute atomic E-state index is 12.0. The molecule has 6 atom stereocenters. The van der Waals surface area contributed by atoms with Gasteiger partial charge in [-0.3, -0.25) is 4.79 Å². The molecule has 0 aromatic heterocycles. The number of allylic oxidation sites excluding steroid dienone is 2. The van der Waals surface area contributed by atoms with Crippen LogP contribution in [-0.2, 0) is 9.53 Å². The van der Waals surface area contributed by atoms with Crippen molar-refractivity contribution in [3.63, 3.8) is 0 Å². The Morgan fingerprint density at radius 3 is 2.73 bits per heavy atom. The Labute approximate surface area is 156 Å². The van der Waals surface area contributed by atoms with Crippen molar-refractivity contribution in [2.24, 2.45) is 34.2 Å². The third kappa shape index (κ3) is 2.07. The van der Waals surface area contributed by atoms with Gasteiger partial charge in [0.25, 0.3) is 0 Å². The highest BCUT2D eigenvalue weighted by molar-refractivity contribution is 5.96. The van der Waals surface area contributed by atoms with Crippen molar-refractivity contribution in [3.8, 4) is 0 Å². The van der Waals surface area contributed by atoms with Crippen molar-refractivity contribution in [3.05, 3.63) is 11.6 Å². The van der Waals surface area contributed by atoms with E-state index in [1.54, 1.807) is 0 Å². The lowest BCUT2D eigenvalue weighted by Crippen LogP contribution is -2.53. The first kappa shape index (κ1) is 16.8. The second-order valence-electron chi connectivity index (χ2n) is 9.48. The molecule has 1 heterocycles. The van der Waals surface area contributed by atoms with Crippen LogP contribution in [0.3, 0.4) is 0 Å². The van der Waals surface area contributed by atoms with Crippen LogP contribution in [0.2, 0.25) is 0 Å². The Bertz CT molecular complexity index is 683. The fraction of sp³-hybridized carbons (Fsp3) is 0.818. The van der Waals surface area contributed by atoms with Crippen LogP contribution < -0.4 is 0 Å². The summed E-state index contributed by atoms with van der Waals surface area (Å²) in [6, 6.07) is 0. The minimum atomic E-state index is -0.145. The van der Waals surface area contributed by atoms with Crippen LogP contribution in [0, 0.1) is 29.1 Å². The summed E-state index contributed by atoms with van der Waals surface area (Å²) in [5, 5.41) is 12.6. The van der Waals surface area contributed by atoms with Gasteiger partial charge < -0.3 is 9.94 Å². The average Bonchev–Trinajstić information content (AvgIpc) is 3.22. The number of fused-ring (bicyclic) bond motifs is 6. The number of carbonyl (C=O) groups is 1. The molecule has 4 aliphatic carbocycles. The summed E-state index contributed by atoms with van der Waals surface area (Å²) in [5.41, 5.74) is 2.49. The van der Waals surface area contributed by atoms with Crippen molar-refractivity contribution < 1.29 is 14.7 Å². The molecule has 1 saturated heterocycles. The molecule has 5 unspecified atom stereocenters. The van der Waals surface area contributed by atoms with Gasteiger partial charge >= 0.3 is 5.97 Å². The minimum Gasteiger partial charge on any atom is -0.458 e. The molecule has 4 heteroatoms. The van der Waals surface area contributed by atoms with E-state index in [2.05, 4.69) is 18.2 Å². The van der Waals surface area contributed by atoms with Crippen LogP contribution in [0.5, 0.6) is 0 Å². The van der Waals surface area contributed by atoms with E-state index < -0.39 is 0 Å². The normalized spacial score (nSPS) is 48.7. The van der Waals surface area contributed by atoms with Crippen LogP contribution in [0.4, 0.5) is 0 Å². The molecule has 0 aromatic carbocycles. The standard InChI is InChI=1S/C22H31NO3/c1-2-21-10-7-17-16-6-4-15(23-25)13-14(16)3-5-18(17)19(21)8-11-22(21)12-9-20(24)26-22/h13,16-19,25H,2-12H2,1H3/b23-15+/t16?,17?,18?,19?,21-,22?/m0/s1. The molecule has 4 nitrogen and oxygen atoms in total. The Morgan fingerprint density at radius 1 is 1.12 bits per heavy atom. The molecule has 5 aliphatic rings. The van der Waals surface area contributed by atoms with Crippen molar-refractivity contribution in [1.82, 2.24) is 0 Å². The van der Waals surface area contributed by atoms with Crippen LogP contribution in [0.15, 0.2) is 16.8 Å². The van der Waals surface area contributed by atoms with E-state index in [1.165, 1.54) is 31.3 Å². The fourth-order valence-corrected chi connectivity index (χ4v) is 8.09. The van der Waals surface area contributed by atoms with E-state index >= 15 is 0 Å². The zero-order valence-electron chi connectivity index (χ0n) is 15.9. The Balaban J connectivity index is 1.46. The van der Waals surface area contributed by atoms with Crippen LogP contribution in [-0.4, -0.2) is 22.5 Å². The number of oxime groups is 1. The molecule has 5 rings (SSSR count). The Kier molecular flexibility index (Phi) is 3.78. The number of esters is 1. The van der Waals surface area contributed by atoms with Gasteiger partial charge in [0, 0.05) is 11.8 Å². The molecule has 0 aromatic rings. The summed E-state index contributed by atoms with van der Waals surface area (Å²) in [4.78, 5) is 12.0. The summed E-state index contributed by atoms with van der Waals surface area (Å²) in [6.07, 6.45) is 14.3. The monoisotopic (exact) mass is 357 g/mol. The molecule has 0 bridgehead atoms. The van der Waals surface area contributed by atoms with Crippen molar-refractivity contribution >= 4 is 11.7 Å². The van der Waals surface area contributed by atoms with Gasteiger partial charge in [-0.15, -0.1) is 0 Å². The number of hydrogen-bond donors (Lipinski definition) is 1. The lowest BCUT2D eigenvalue weighted by Gasteiger charge is -2.56. The first-order chi connectivity index (χ1) is 12.6. The van der Waals surface area contributed by atoms with Crippen molar-refractivity contribution in [2.45, 2.75) is 83.2 Å². The molecule has 142 valence electrons. The van der Waals surface area contributed by atoms with Crippen LogP contribution >= 0.6 is 0 Å². The predicted octanol–water partition coefficient (Wildman–Crippen LogP) is 4.86. The molecule has 1 spiro atoms. The highest BCUT2D eigenvalue weighted by Crippen LogP contribution is 2.69. The maximum atomic E-state index is 12.0. The van der Waals surface area contributed by atoms with Gasteiger partial charge in [0.15, 0.2) is 0 Å². The van der Waals surface area contributed by atoms with Gasteiger partial charge in [-0.05, 0) is 94.0 Å². The van der Waals surface area contributed by atoms with Crippen molar-refractivity contribution in [2.75, 3.05) is 0 Å². The topological polar surface area (TPSA) is 58.9 Å². The number of nitrogens with zero attached hydrogens (tertiary/aromatic N) is 1. The number of carbonyl (C=O) groups excluding carboxylic acids is 1. The highest BCUT2D eigenvalue weighted by atomic mass is 16.6. The van der Waals surface area contributed by atoms with Gasteiger partial charge in [0.05, 0.1) is 5.71 Å². The lowest BCUT2D eigenvalue weighted by molar-refractivity contribution is -0.169. The SMILES string of the molecule is CC[C@]12CCC3C4CC/C(=N\O)C=C4CCC3C1CCC21CCC(=O)O1. The largest absolute Gasteiger partial charge is 0.458 e. The zero-order valence-corrected chi connectivity index (χ0v) is 15.9. The van der Waals surface area contributed by atoms with Gasteiger partial charge in [-0.1, -0.05) is 17.7 Å². The summed E-state index contributed by atoms with van der Waals surface area (Å²) < 4.78 is 6.09. The third-order valence-electron chi connectivity index (χ3n) is 9.09. The van der Waals surface area contributed by atoms with E-state index in [4.69, 9.17) is 9.94 Å². The van der Waals surface area contributed by atoms with Crippen LogP contribution in [0.25, 0.3) is 0 Å². The molecule has 1 N–H and O–H groups in total. The second-order valence-corrected chi connectivity index (χ2v) is 9.48. The summed E-state index contributed by atoms with van der Waals surface area (Å²) in [7, 11) is 0. The smallest absolute Gasteiger partial charge is 0.306 e. The first-order valence-electron chi connectivity index (χ1n) is 10.8. The first-order valence-corrected chi connectivity index (χ1v) is 10.8. The fourth-order valence-electron chi connectivity index (χ4n) is 8.09. The van der Waals surface area contributed by atoms with E-state index in [-0.39, 0.29) is 17.0 Å². The summed E-state index contributed by atoms with van der Waals surface area (Å²) in [5.74, 6) is 3.03. The molecule has 0 amide bonds. The highest BCUT2D eigenvalue weighted by Gasteiger charge is 2.67. The van der Waals surface area contributed by atoms with E-state index in [1.807, 2.05) is 0 Å². The van der Waals surface area contributed by atoms with E-state index in [9.17, 15) is 4.79 Å². The van der Waals surface area contributed by atoms with Crippen molar-refractivity contribution in [1.29, 1.82) is 0 Å². The van der Waals surface area contributed by atoms with E-state index in [0.29, 0.717) is 12.3 Å². The summed E-state index contributed by atoms with van der Waals surface area (Å²) >= 11 is 0. The zero-order chi connectivity index (χ0) is 17.9. The van der Waals surface area contributed by atoms with Gasteiger partial charge in [-0.25, -0.2) is 0 Å². The third-order valence-corrected chi connectivity index (χ3v) is 9.09. The van der Waals surface area contributed by atoms with Crippen LogP contribution in [0.1, 0.15) is 77.6 Å². The molecule has 26 heavy (non-hydrogen) atoms. The molecule has 3 saturated carbocycles. The summed E-state index contributed by atoms with van der Waals surface area (Å²) in [6.45, 7) is 2.34. The maximum Gasteiger partial charge on any atom is 0.306 e. The molecular formula is C22H31NO3. The minimum absolute atomic E-state index is 0.0394. The molecule has 0 radical (unpaired) electrons. The molecular weight excluding hydrogens is 326 g/mol. The predicted molar refractivity (Wildman–Crippen MR) is 99.0 cm³/mol. The van der Waals surface area contributed by atoms with Gasteiger partial charge in [0.2, 0.25) is 0 Å². The van der Waals surface area contributed by atoms with E-state index in [0.717, 1.165) is 62.0 Å². The number of hydrogen-bond acceptors (Lipinski definition) is 4. The quantitative estimate of drug-likeness (QED) is 0.414. The van der Waals surface area contributed by atoms with Gasteiger partial charge in [0.1, 0.15) is 5.60 Å². The molecule has 1 aliphatic heterocycles. The average molecular weight is 357 g/mol. The lowest BCUT2D eigenvalue weighted by atomic mass is 9.49. The molecule has 4 fully saturated rings. The Morgan fingerprint density at radius 2 is 2.00 bits per heavy atom. The second kappa shape index (κ2) is 5.84. The number of rotatable bonds is 1. The van der Waals surface area contributed by atoms with Gasteiger partial charge in [-0.2, -0.15) is 0 Å². The Hall–Kier alpha value is -1.32. The number of ether oxygens (including phenoxy) is 1.